The van der Waals surface area contributed by atoms with Crippen LogP contribution in [0, 0.1) is 6.92 Å². The summed E-state index contributed by atoms with van der Waals surface area (Å²) in [7, 11) is 2.90. The maximum Gasteiger partial charge on any atom is 0.387 e. The van der Waals surface area contributed by atoms with E-state index in [2.05, 4.69) is 10.1 Å². The van der Waals surface area contributed by atoms with E-state index in [1.807, 2.05) is 25.1 Å². The number of para-hydroxylation sites is 1. The van der Waals surface area contributed by atoms with Crippen molar-refractivity contribution in [1.82, 2.24) is 5.32 Å². The third-order valence-corrected chi connectivity index (χ3v) is 3.77. The van der Waals surface area contributed by atoms with Crippen molar-refractivity contribution in [2.45, 2.75) is 20.0 Å². The van der Waals surface area contributed by atoms with Crippen molar-refractivity contribution >= 4 is 5.91 Å². The molecule has 0 spiro atoms. The van der Waals surface area contributed by atoms with Crippen LogP contribution in [-0.4, -0.2) is 33.3 Å². The number of rotatable bonds is 8. The van der Waals surface area contributed by atoms with Gasteiger partial charge in [0.25, 0.3) is 5.91 Å². The van der Waals surface area contributed by atoms with Crippen molar-refractivity contribution in [3.63, 3.8) is 0 Å². The average Bonchev–Trinajstić information content (AvgIpc) is 2.61. The molecule has 1 amide bonds. The molecule has 0 heterocycles. The highest BCUT2D eigenvalue weighted by Crippen LogP contribution is 2.32. The number of aryl methyl sites for hydroxylation is 1. The molecule has 0 radical (unpaired) electrons. The van der Waals surface area contributed by atoms with Gasteiger partial charge in [-0.25, -0.2) is 0 Å². The van der Waals surface area contributed by atoms with Crippen LogP contribution in [0.5, 0.6) is 17.2 Å². The molecule has 0 saturated carbocycles. The molecular weight excluding hydrogens is 344 g/mol. The summed E-state index contributed by atoms with van der Waals surface area (Å²) in [6.07, 6.45) is 0.533. The summed E-state index contributed by atoms with van der Waals surface area (Å²) in [5, 5.41) is 2.71. The van der Waals surface area contributed by atoms with E-state index in [4.69, 9.17) is 9.47 Å². The first kappa shape index (κ1) is 19.5. The molecule has 2 rings (SSSR count). The fourth-order valence-corrected chi connectivity index (χ4v) is 2.57. The molecule has 0 aliphatic rings. The van der Waals surface area contributed by atoms with Gasteiger partial charge in [-0.15, -0.1) is 0 Å². The normalized spacial score (nSPS) is 10.5. The molecule has 0 saturated heterocycles. The Balaban J connectivity index is 2.10. The first-order valence-corrected chi connectivity index (χ1v) is 7.99. The Bertz CT molecular complexity index is 765. The number of carbonyl (C=O) groups excluding carboxylic acids is 1. The van der Waals surface area contributed by atoms with Gasteiger partial charge in [-0.3, -0.25) is 4.79 Å². The van der Waals surface area contributed by atoms with Gasteiger partial charge in [0.1, 0.15) is 5.75 Å². The van der Waals surface area contributed by atoms with Crippen LogP contribution < -0.4 is 19.5 Å². The zero-order chi connectivity index (χ0) is 19.1. The fraction of sp³-hybridized carbons (Fsp3) is 0.316. The molecule has 0 aliphatic heterocycles. The lowest BCUT2D eigenvalue weighted by Crippen LogP contribution is -2.26. The van der Waals surface area contributed by atoms with E-state index in [1.165, 1.54) is 25.3 Å². The summed E-state index contributed by atoms with van der Waals surface area (Å²) < 4.78 is 40.1. The zero-order valence-electron chi connectivity index (χ0n) is 14.8. The molecule has 5 nitrogen and oxygen atoms in total. The van der Waals surface area contributed by atoms with Gasteiger partial charge in [-0.05, 0) is 37.1 Å². The molecule has 0 aromatic heterocycles. The SMILES string of the molecule is COc1ccc(C)cc1CCNC(=O)c1cccc(OC)c1OC(F)F. The van der Waals surface area contributed by atoms with Crippen LogP contribution in [0.15, 0.2) is 36.4 Å². The van der Waals surface area contributed by atoms with Crippen molar-refractivity contribution in [2.75, 3.05) is 20.8 Å². The van der Waals surface area contributed by atoms with Gasteiger partial charge < -0.3 is 19.5 Å². The molecule has 26 heavy (non-hydrogen) atoms. The smallest absolute Gasteiger partial charge is 0.387 e. The molecule has 0 aliphatic carbocycles. The van der Waals surface area contributed by atoms with Crippen LogP contribution in [0.4, 0.5) is 8.78 Å². The van der Waals surface area contributed by atoms with Crippen molar-refractivity contribution in [3.05, 3.63) is 53.1 Å². The maximum atomic E-state index is 12.7. The van der Waals surface area contributed by atoms with Crippen molar-refractivity contribution in [2.24, 2.45) is 0 Å². The standard InChI is InChI=1S/C19H21F2NO4/c1-12-7-8-15(24-2)13(11-12)9-10-22-18(23)14-5-4-6-16(25-3)17(14)26-19(20)21/h4-8,11,19H,9-10H2,1-3H3,(H,22,23). The van der Waals surface area contributed by atoms with Crippen molar-refractivity contribution in [1.29, 1.82) is 0 Å². The number of halogens is 2. The van der Waals surface area contributed by atoms with Gasteiger partial charge in [0, 0.05) is 6.54 Å². The number of hydrogen-bond donors (Lipinski definition) is 1. The van der Waals surface area contributed by atoms with E-state index < -0.39 is 12.5 Å². The van der Waals surface area contributed by atoms with Crippen LogP contribution in [-0.2, 0) is 6.42 Å². The predicted molar refractivity (Wildman–Crippen MR) is 93.4 cm³/mol. The van der Waals surface area contributed by atoms with Crippen LogP contribution in [0.25, 0.3) is 0 Å². The summed E-state index contributed by atoms with van der Waals surface area (Å²) in [6, 6.07) is 10.2. The monoisotopic (exact) mass is 365 g/mol. The highest BCUT2D eigenvalue weighted by atomic mass is 19.3. The highest BCUT2D eigenvalue weighted by molar-refractivity contribution is 5.97. The van der Waals surface area contributed by atoms with E-state index in [1.54, 1.807) is 7.11 Å². The van der Waals surface area contributed by atoms with Crippen LogP contribution in [0.1, 0.15) is 21.5 Å². The lowest BCUT2D eigenvalue weighted by Gasteiger charge is -2.14. The topological polar surface area (TPSA) is 56.8 Å². The van der Waals surface area contributed by atoms with Gasteiger partial charge in [-0.2, -0.15) is 8.78 Å². The Labute approximate surface area is 150 Å². The Morgan fingerprint density at radius 1 is 1.12 bits per heavy atom. The fourth-order valence-electron chi connectivity index (χ4n) is 2.57. The minimum Gasteiger partial charge on any atom is -0.496 e. The molecule has 2 aromatic rings. The van der Waals surface area contributed by atoms with Gasteiger partial charge >= 0.3 is 6.61 Å². The Kier molecular flexibility index (Phi) is 6.77. The van der Waals surface area contributed by atoms with Crippen LogP contribution in [0.3, 0.4) is 0 Å². The summed E-state index contributed by atoms with van der Waals surface area (Å²) in [6.45, 7) is -0.787. The number of alkyl halides is 2. The lowest BCUT2D eigenvalue weighted by atomic mass is 10.1. The molecule has 7 heteroatoms. The molecule has 0 fully saturated rings. The van der Waals surface area contributed by atoms with Gasteiger partial charge in [0.2, 0.25) is 0 Å². The number of benzene rings is 2. The summed E-state index contributed by atoms with van der Waals surface area (Å²) in [5.74, 6) is -0.00642. The first-order valence-electron chi connectivity index (χ1n) is 7.99. The second kappa shape index (κ2) is 9.03. The number of carbonyl (C=O) groups is 1. The second-order valence-corrected chi connectivity index (χ2v) is 5.54. The molecule has 0 bridgehead atoms. The third kappa shape index (κ3) is 4.84. The largest absolute Gasteiger partial charge is 0.496 e. The molecule has 140 valence electrons. The van der Waals surface area contributed by atoms with E-state index in [0.29, 0.717) is 13.0 Å². The minimum absolute atomic E-state index is 0.0131. The van der Waals surface area contributed by atoms with Crippen LogP contribution >= 0.6 is 0 Å². The first-order chi connectivity index (χ1) is 12.5. The van der Waals surface area contributed by atoms with Gasteiger partial charge in [0.15, 0.2) is 11.5 Å². The number of hydrogen-bond acceptors (Lipinski definition) is 4. The van der Waals surface area contributed by atoms with Gasteiger partial charge in [-0.1, -0.05) is 23.8 Å². The second-order valence-electron chi connectivity index (χ2n) is 5.54. The zero-order valence-corrected chi connectivity index (χ0v) is 14.8. The predicted octanol–water partition coefficient (Wildman–Crippen LogP) is 3.59. The number of ether oxygens (including phenoxy) is 3. The number of amides is 1. The van der Waals surface area contributed by atoms with Crippen molar-refractivity contribution < 1.29 is 27.8 Å². The van der Waals surface area contributed by atoms with Crippen LogP contribution in [0.2, 0.25) is 0 Å². The Morgan fingerprint density at radius 2 is 1.85 bits per heavy atom. The molecular formula is C19H21F2NO4. The van der Waals surface area contributed by atoms with E-state index >= 15 is 0 Å². The highest BCUT2D eigenvalue weighted by Gasteiger charge is 2.20. The Hall–Kier alpha value is -2.83. The summed E-state index contributed by atoms with van der Waals surface area (Å²) in [5.41, 5.74) is 2.01. The van der Waals surface area contributed by atoms with E-state index in [-0.39, 0.29) is 17.1 Å². The molecule has 1 N–H and O–H groups in total. The Morgan fingerprint density at radius 3 is 2.50 bits per heavy atom. The molecule has 2 aromatic carbocycles. The van der Waals surface area contributed by atoms with E-state index in [0.717, 1.165) is 16.9 Å². The molecule has 0 atom stereocenters. The van der Waals surface area contributed by atoms with E-state index in [9.17, 15) is 13.6 Å². The minimum atomic E-state index is -3.06. The summed E-state index contributed by atoms with van der Waals surface area (Å²) in [4.78, 5) is 12.4. The summed E-state index contributed by atoms with van der Waals surface area (Å²) >= 11 is 0. The van der Waals surface area contributed by atoms with Gasteiger partial charge in [0.05, 0.1) is 19.8 Å². The van der Waals surface area contributed by atoms with Crippen molar-refractivity contribution in [3.8, 4) is 17.2 Å². The maximum absolute atomic E-state index is 12.7. The third-order valence-electron chi connectivity index (χ3n) is 3.77. The number of methoxy groups -OCH3 is 2. The average molecular weight is 365 g/mol. The quantitative estimate of drug-likeness (QED) is 0.777. The molecule has 0 unspecified atom stereocenters. The lowest BCUT2D eigenvalue weighted by molar-refractivity contribution is -0.0515. The number of nitrogens with one attached hydrogen (secondary N) is 1.